The first-order valence-electron chi connectivity index (χ1n) is 7.70. The fraction of sp³-hybridized carbons (Fsp3) is 0.158. The second kappa shape index (κ2) is 7.97. The number of thiazole rings is 1. The van der Waals surface area contributed by atoms with Gasteiger partial charge in [0.1, 0.15) is 28.9 Å². The molecule has 1 aromatic heterocycles. The van der Waals surface area contributed by atoms with Crippen molar-refractivity contribution in [2.45, 2.75) is 6.61 Å². The molecule has 7 heteroatoms. The average Bonchev–Trinajstić information content (AvgIpc) is 3.16. The van der Waals surface area contributed by atoms with Crippen LogP contribution >= 0.6 is 11.3 Å². The molecule has 0 N–H and O–H groups in total. The van der Waals surface area contributed by atoms with Crippen LogP contribution in [0.4, 0.5) is 4.39 Å². The van der Waals surface area contributed by atoms with Gasteiger partial charge in [-0.25, -0.2) is 14.2 Å². The smallest absolute Gasteiger partial charge is 0.358 e. The van der Waals surface area contributed by atoms with E-state index in [0.717, 1.165) is 11.3 Å². The van der Waals surface area contributed by atoms with Crippen LogP contribution in [0.3, 0.4) is 0 Å². The van der Waals surface area contributed by atoms with Crippen molar-refractivity contribution in [3.8, 4) is 22.1 Å². The molecule has 0 bridgehead atoms. The number of benzene rings is 2. The van der Waals surface area contributed by atoms with E-state index < -0.39 is 11.8 Å². The summed E-state index contributed by atoms with van der Waals surface area (Å²) in [4.78, 5) is 16.5. The highest BCUT2D eigenvalue weighted by Gasteiger charge is 2.15. The fourth-order valence-electron chi connectivity index (χ4n) is 2.31. The standard InChI is InChI=1S/C19H16FNO4S/c1-23-15-6-3-12(4-7-15)18-21-16(11-26-18)19(22)25-10-13-9-14(20)5-8-17(13)24-2/h3-9,11H,10H2,1-2H3. The predicted molar refractivity (Wildman–Crippen MR) is 96.2 cm³/mol. The van der Waals surface area contributed by atoms with Gasteiger partial charge in [-0.3, -0.25) is 0 Å². The molecule has 0 saturated carbocycles. The van der Waals surface area contributed by atoms with Crippen LogP contribution in [0.2, 0.25) is 0 Å². The minimum absolute atomic E-state index is 0.102. The van der Waals surface area contributed by atoms with Gasteiger partial charge in [-0.2, -0.15) is 0 Å². The Kier molecular flexibility index (Phi) is 5.48. The van der Waals surface area contributed by atoms with Crippen molar-refractivity contribution in [1.29, 1.82) is 0 Å². The van der Waals surface area contributed by atoms with Gasteiger partial charge in [-0.1, -0.05) is 0 Å². The van der Waals surface area contributed by atoms with Crippen LogP contribution < -0.4 is 9.47 Å². The van der Waals surface area contributed by atoms with Crippen molar-refractivity contribution >= 4 is 17.3 Å². The zero-order valence-electron chi connectivity index (χ0n) is 14.2. The molecule has 26 heavy (non-hydrogen) atoms. The van der Waals surface area contributed by atoms with E-state index in [1.54, 1.807) is 12.5 Å². The molecule has 134 valence electrons. The SMILES string of the molecule is COc1ccc(-c2nc(C(=O)OCc3cc(F)ccc3OC)cs2)cc1. The van der Waals surface area contributed by atoms with Gasteiger partial charge < -0.3 is 14.2 Å². The van der Waals surface area contributed by atoms with Gasteiger partial charge in [0.15, 0.2) is 5.69 Å². The first-order valence-corrected chi connectivity index (χ1v) is 8.58. The summed E-state index contributed by atoms with van der Waals surface area (Å²) in [5.74, 6) is 0.199. The molecule has 0 unspecified atom stereocenters. The molecule has 2 aromatic carbocycles. The molecule has 0 radical (unpaired) electrons. The fourth-order valence-corrected chi connectivity index (χ4v) is 3.11. The zero-order valence-corrected chi connectivity index (χ0v) is 15.0. The van der Waals surface area contributed by atoms with Gasteiger partial charge in [-0.15, -0.1) is 11.3 Å². The van der Waals surface area contributed by atoms with Crippen molar-refractivity contribution in [2.75, 3.05) is 14.2 Å². The normalized spacial score (nSPS) is 10.4. The highest BCUT2D eigenvalue weighted by Crippen LogP contribution is 2.26. The minimum Gasteiger partial charge on any atom is -0.497 e. The molecule has 3 aromatic rings. The Hall–Kier alpha value is -2.93. The van der Waals surface area contributed by atoms with Crippen molar-refractivity contribution in [3.63, 3.8) is 0 Å². The number of carbonyl (C=O) groups is 1. The third-order valence-electron chi connectivity index (χ3n) is 3.65. The summed E-state index contributed by atoms with van der Waals surface area (Å²) in [5, 5.41) is 2.33. The van der Waals surface area contributed by atoms with Gasteiger partial charge in [0, 0.05) is 16.5 Å². The highest BCUT2D eigenvalue weighted by molar-refractivity contribution is 7.13. The van der Waals surface area contributed by atoms with Crippen molar-refractivity contribution in [3.05, 3.63) is 64.9 Å². The molecule has 0 atom stereocenters. The van der Waals surface area contributed by atoms with Crippen LogP contribution in [0.5, 0.6) is 11.5 Å². The van der Waals surface area contributed by atoms with E-state index in [2.05, 4.69) is 4.98 Å². The van der Waals surface area contributed by atoms with E-state index in [9.17, 15) is 9.18 Å². The lowest BCUT2D eigenvalue weighted by Crippen LogP contribution is -2.06. The van der Waals surface area contributed by atoms with E-state index in [-0.39, 0.29) is 12.3 Å². The summed E-state index contributed by atoms with van der Waals surface area (Å²) in [6, 6.07) is 11.4. The van der Waals surface area contributed by atoms with Gasteiger partial charge >= 0.3 is 5.97 Å². The van der Waals surface area contributed by atoms with Gasteiger partial charge in [0.05, 0.1) is 14.2 Å². The molecule has 0 aliphatic carbocycles. The molecule has 0 aliphatic rings. The van der Waals surface area contributed by atoms with Crippen molar-refractivity contribution in [1.82, 2.24) is 4.98 Å². The molecule has 1 heterocycles. The first kappa shape index (κ1) is 17.9. The second-order valence-corrected chi connectivity index (χ2v) is 6.16. The molecule has 0 saturated heterocycles. The lowest BCUT2D eigenvalue weighted by Gasteiger charge is -2.08. The van der Waals surface area contributed by atoms with Gasteiger partial charge in [0.25, 0.3) is 0 Å². The number of halogens is 1. The molecule has 3 rings (SSSR count). The predicted octanol–water partition coefficient (Wildman–Crippen LogP) is 4.32. The van der Waals surface area contributed by atoms with E-state index in [1.807, 2.05) is 24.3 Å². The number of hydrogen-bond donors (Lipinski definition) is 0. The van der Waals surface area contributed by atoms with E-state index >= 15 is 0 Å². The van der Waals surface area contributed by atoms with E-state index in [1.165, 1.54) is 36.6 Å². The summed E-state index contributed by atoms with van der Waals surface area (Å²) < 4.78 is 28.9. The number of hydrogen-bond acceptors (Lipinski definition) is 6. The van der Waals surface area contributed by atoms with Crippen LogP contribution in [0.15, 0.2) is 47.8 Å². The summed E-state index contributed by atoms with van der Waals surface area (Å²) in [6.45, 7) is -0.102. The quantitative estimate of drug-likeness (QED) is 0.602. The monoisotopic (exact) mass is 373 g/mol. The molecule has 5 nitrogen and oxygen atoms in total. The molecule has 0 amide bonds. The minimum atomic E-state index is -0.577. The number of nitrogens with zero attached hydrogens (tertiary/aromatic N) is 1. The molecule has 0 spiro atoms. The number of rotatable bonds is 6. The third kappa shape index (κ3) is 4.00. The van der Waals surface area contributed by atoms with Crippen molar-refractivity contribution in [2.24, 2.45) is 0 Å². The summed E-state index contributed by atoms with van der Waals surface area (Å²) in [6.07, 6.45) is 0. The Morgan fingerprint density at radius 3 is 2.58 bits per heavy atom. The largest absolute Gasteiger partial charge is 0.497 e. The lowest BCUT2D eigenvalue weighted by atomic mass is 10.2. The van der Waals surface area contributed by atoms with E-state index in [4.69, 9.17) is 14.2 Å². The van der Waals surface area contributed by atoms with Crippen LogP contribution in [-0.2, 0) is 11.3 Å². The summed E-state index contributed by atoms with van der Waals surface area (Å²) >= 11 is 1.34. The third-order valence-corrected chi connectivity index (χ3v) is 4.54. The van der Waals surface area contributed by atoms with Crippen molar-refractivity contribution < 1.29 is 23.4 Å². The topological polar surface area (TPSA) is 57.7 Å². The van der Waals surface area contributed by atoms with E-state index in [0.29, 0.717) is 16.3 Å². The average molecular weight is 373 g/mol. The molecular weight excluding hydrogens is 357 g/mol. The second-order valence-electron chi connectivity index (χ2n) is 5.30. The molecular formula is C19H16FNO4S. The Bertz CT molecular complexity index is 908. The Labute approximate surface area is 154 Å². The number of esters is 1. The van der Waals surface area contributed by atoms with Crippen LogP contribution in [-0.4, -0.2) is 25.2 Å². The Morgan fingerprint density at radius 2 is 1.88 bits per heavy atom. The highest BCUT2D eigenvalue weighted by atomic mass is 32.1. The maximum Gasteiger partial charge on any atom is 0.358 e. The van der Waals surface area contributed by atoms with Crippen LogP contribution in [0, 0.1) is 5.82 Å². The first-order chi connectivity index (χ1) is 12.6. The maximum absolute atomic E-state index is 13.4. The summed E-state index contributed by atoms with van der Waals surface area (Å²) in [5.41, 5.74) is 1.53. The number of ether oxygens (including phenoxy) is 3. The van der Waals surface area contributed by atoms with Crippen LogP contribution in [0.1, 0.15) is 16.1 Å². The molecule has 0 aliphatic heterocycles. The van der Waals surface area contributed by atoms with Gasteiger partial charge in [-0.05, 0) is 42.5 Å². The lowest BCUT2D eigenvalue weighted by molar-refractivity contribution is 0.0464. The zero-order chi connectivity index (χ0) is 18.5. The maximum atomic E-state index is 13.4. The van der Waals surface area contributed by atoms with Gasteiger partial charge in [0.2, 0.25) is 0 Å². The Balaban J connectivity index is 1.69. The number of methoxy groups -OCH3 is 2. The summed E-state index contributed by atoms with van der Waals surface area (Å²) in [7, 11) is 3.07. The van der Waals surface area contributed by atoms with Crippen LogP contribution in [0.25, 0.3) is 10.6 Å². The number of carbonyl (C=O) groups excluding carboxylic acids is 1. The number of aromatic nitrogens is 1. The Morgan fingerprint density at radius 1 is 1.12 bits per heavy atom. The molecule has 0 fully saturated rings.